The zero-order chi connectivity index (χ0) is 12.5. The van der Waals surface area contributed by atoms with E-state index in [9.17, 15) is 0 Å². The van der Waals surface area contributed by atoms with Crippen molar-refractivity contribution in [1.29, 1.82) is 0 Å². The Bertz CT molecular complexity index is 507. The van der Waals surface area contributed by atoms with E-state index in [1.807, 2.05) is 12.1 Å². The van der Waals surface area contributed by atoms with Crippen molar-refractivity contribution in [1.82, 2.24) is 0 Å². The van der Waals surface area contributed by atoms with Crippen LogP contribution in [-0.2, 0) is 5.41 Å². The number of rotatable bonds is 1. The molecule has 2 aromatic rings. The lowest BCUT2D eigenvalue weighted by Gasteiger charge is -2.23. The lowest BCUT2D eigenvalue weighted by atomic mass is 9.81. The number of hydrogen-bond acceptors (Lipinski definition) is 1. The predicted molar refractivity (Wildman–Crippen MR) is 75.0 cm³/mol. The molecule has 0 spiro atoms. The molecule has 0 aliphatic carbocycles. The van der Waals surface area contributed by atoms with Crippen LogP contribution in [-0.4, -0.2) is 0 Å². The van der Waals surface area contributed by atoms with E-state index >= 15 is 0 Å². The molecule has 0 saturated carbocycles. The van der Waals surface area contributed by atoms with Gasteiger partial charge >= 0.3 is 0 Å². The van der Waals surface area contributed by atoms with E-state index in [-0.39, 0.29) is 5.41 Å². The van der Waals surface area contributed by atoms with Crippen molar-refractivity contribution in [2.75, 3.05) is 5.73 Å². The van der Waals surface area contributed by atoms with Gasteiger partial charge in [0.15, 0.2) is 0 Å². The van der Waals surface area contributed by atoms with Gasteiger partial charge < -0.3 is 5.73 Å². The van der Waals surface area contributed by atoms with Gasteiger partial charge in [-0.1, -0.05) is 57.2 Å². The van der Waals surface area contributed by atoms with Crippen LogP contribution in [0.25, 0.3) is 11.1 Å². The molecule has 0 atom stereocenters. The molecule has 1 nitrogen and oxygen atoms in total. The van der Waals surface area contributed by atoms with E-state index in [2.05, 4.69) is 57.2 Å². The van der Waals surface area contributed by atoms with Gasteiger partial charge in [-0.3, -0.25) is 0 Å². The molecule has 0 saturated heterocycles. The van der Waals surface area contributed by atoms with Crippen molar-refractivity contribution >= 4 is 5.69 Å². The second-order valence-corrected chi connectivity index (χ2v) is 5.42. The van der Waals surface area contributed by atoms with Gasteiger partial charge in [0.05, 0.1) is 0 Å². The smallest absolute Gasteiger partial charge is 0.0320 e. The van der Waals surface area contributed by atoms with Gasteiger partial charge in [0, 0.05) is 5.69 Å². The summed E-state index contributed by atoms with van der Waals surface area (Å²) in [5, 5.41) is 0. The summed E-state index contributed by atoms with van der Waals surface area (Å²) in [6, 6.07) is 16.6. The molecule has 0 aromatic heterocycles. The second-order valence-electron chi connectivity index (χ2n) is 5.42. The van der Waals surface area contributed by atoms with Gasteiger partial charge in [-0.2, -0.15) is 0 Å². The van der Waals surface area contributed by atoms with Crippen molar-refractivity contribution in [2.24, 2.45) is 0 Å². The number of nitrogens with two attached hydrogens (primary N) is 1. The minimum Gasteiger partial charge on any atom is -0.399 e. The fourth-order valence-electron chi connectivity index (χ4n) is 2.07. The van der Waals surface area contributed by atoms with Gasteiger partial charge in [-0.05, 0) is 34.2 Å². The molecule has 0 fully saturated rings. The highest BCUT2D eigenvalue weighted by molar-refractivity contribution is 5.72. The van der Waals surface area contributed by atoms with Crippen LogP contribution in [0, 0.1) is 0 Å². The zero-order valence-corrected chi connectivity index (χ0v) is 10.7. The Labute approximate surface area is 103 Å². The second kappa shape index (κ2) is 4.25. The number of benzene rings is 2. The summed E-state index contributed by atoms with van der Waals surface area (Å²) < 4.78 is 0. The third-order valence-corrected chi connectivity index (χ3v) is 2.94. The Kier molecular flexibility index (Phi) is 2.93. The SMILES string of the molecule is CC(C)(C)c1ccc(N)cc1-c1ccccc1. The summed E-state index contributed by atoms with van der Waals surface area (Å²) in [5.74, 6) is 0. The fraction of sp³-hybridized carbons (Fsp3) is 0.250. The molecule has 0 aliphatic rings. The zero-order valence-electron chi connectivity index (χ0n) is 10.7. The van der Waals surface area contributed by atoms with E-state index in [1.165, 1.54) is 16.7 Å². The van der Waals surface area contributed by atoms with Gasteiger partial charge in [0.2, 0.25) is 0 Å². The fourth-order valence-corrected chi connectivity index (χ4v) is 2.07. The first-order valence-electron chi connectivity index (χ1n) is 5.94. The van der Waals surface area contributed by atoms with E-state index in [1.54, 1.807) is 0 Å². The molecule has 17 heavy (non-hydrogen) atoms. The van der Waals surface area contributed by atoms with Crippen LogP contribution in [0.5, 0.6) is 0 Å². The molecule has 0 heterocycles. The van der Waals surface area contributed by atoms with Crippen molar-refractivity contribution in [3.8, 4) is 11.1 Å². The molecule has 2 N–H and O–H groups in total. The van der Waals surface area contributed by atoms with E-state index in [0.29, 0.717) is 0 Å². The standard InChI is InChI=1S/C16H19N/c1-16(2,3)15-10-9-13(17)11-14(15)12-7-5-4-6-8-12/h4-11H,17H2,1-3H3. The quantitative estimate of drug-likeness (QED) is 0.722. The molecular weight excluding hydrogens is 206 g/mol. The van der Waals surface area contributed by atoms with Gasteiger partial charge in [-0.15, -0.1) is 0 Å². The van der Waals surface area contributed by atoms with Crippen molar-refractivity contribution in [3.63, 3.8) is 0 Å². The highest BCUT2D eigenvalue weighted by atomic mass is 14.5. The Morgan fingerprint density at radius 1 is 0.882 bits per heavy atom. The van der Waals surface area contributed by atoms with Crippen LogP contribution >= 0.6 is 0 Å². The predicted octanol–water partition coefficient (Wildman–Crippen LogP) is 4.23. The van der Waals surface area contributed by atoms with Crippen LogP contribution < -0.4 is 5.73 Å². The largest absolute Gasteiger partial charge is 0.399 e. The van der Waals surface area contributed by atoms with Crippen LogP contribution in [0.2, 0.25) is 0 Å². The normalized spacial score (nSPS) is 11.5. The molecule has 2 rings (SSSR count). The van der Waals surface area contributed by atoms with Crippen LogP contribution in [0.1, 0.15) is 26.3 Å². The molecule has 0 unspecified atom stereocenters. The Morgan fingerprint density at radius 2 is 1.53 bits per heavy atom. The maximum absolute atomic E-state index is 5.91. The molecule has 0 radical (unpaired) electrons. The lowest BCUT2D eigenvalue weighted by molar-refractivity contribution is 0.592. The molecule has 88 valence electrons. The summed E-state index contributed by atoms with van der Waals surface area (Å²) in [6.07, 6.45) is 0. The monoisotopic (exact) mass is 225 g/mol. The summed E-state index contributed by atoms with van der Waals surface area (Å²) in [5.41, 5.74) is 10.6. The molecule has 0 amide bonds. The Balaban J connectivity index is 2.64. The van der Waals surface area contributed by atoms with E-state index in [0.717, 1.165) is 5.69 Å². The van der Waals surface area contributed by atoms with Gasteiger partial charge in [0.25, 0.3) is 0 Å². The highest BCUT2D eigenvalue weighted by Gasteiger charge is 2.18. The minimum absolute atomic E-state index is 0.124. The van der Waals surface area contributed by atoms with Gasteiger partial charge in [0.1, 0.15) is 0 Å². The first-order valence-corrected chi connectivity index (χ1v) is 5.94. The highest BCUT2D eigenvalue weighted by Crippen LogP contribution is 2.34. The van der Waals surface area contributed by atoms with Crippen LogP contribution in [0.15, 0.2) is 48.5 Å². The topological polar surface area (TPSA) is 26.0 Å². The average Bonchev–Trinajstić information content (AvgIpc) is 2.28. The maximum Gasteiger partial charge on any atom is 0.0320 e. The van der Waals surface area contributed by atoms with Crippen molar-refractivity contribution < 1.29 is 0 Å². The van der Waals surface area contributed by atoms with E-state index < -0.39 is 0 Å². The first kappa shape index (κ1) is 11.7. The van der Waals surface area contributed by atoms with Crippen LogP contribution in [0.4, 0.5) is 5.69 Å². The third kappa shape index (κ3) is 2.50. The molecule has 1 heteroatoms. The molecule has 0 bridgehead atoms. The molecule has 2 aromatic carbocycles. The summed E-state index contributed by atoms with van der Waals surface area (Å²) >= 11 is 0. The summed E-state index contributed by atoms with van der Waals surface area (Å²) in [4.78, 5) is 0. The van der Waals surface area contributed by atoms with Crippen molar-refractivity contribution in [2.45, 2.75) is 26.2 Å². The minimum atomic E-state index is 0.124. The molecule has 0 aliphatic heterocycles. The van der Waals surface area contributed by atoms with Gasteiger partial charge in [-0.25, -0.2) is 0 Å². The van der Waals surface area contributed by atoms with Crippen molar-refractivity contribution in [3.05, 3.63) is 54.1 Å². The summed E-state index contributed by atoms with van der Waals surface area (Å²) in [7, 11) is 0. The number of nitrogen functional groups attached to an aromatic ring is 1. The van der Waals surface area contributed by atoms with E-state index in [4.69, 9.17) is 5.73 Å². The van der Waals surface area contributed by atoms with Crippen LogP contribution in [0.3, 0.4) is 0 Å². The Morgan fingerprint density at radius 3 is 2.12 bits per heavy atom. The third-order valence-electron chi connectivity index (χ3n) is 2.94. The summed E-state index contributed by atoms with van der Waals surface area (Å²) in [6.45, 7) is 6.68. The average molecular weight is 225 g/mol. The lowest BCUT2D eigenvalue weighted by Crippen LogP contribution is -2.13. The Hall–Kier alpha value is -1.76. The maximum atomic E-state index is 5.91. The first-order chi connectivity index (χ1) is 7.98. The molecular formula is C16H19N. The number of anilines is 1. The number of hydrogen-bond donors (Lipinski definition) is 1.